The molecule has 448 valence electrons. The molecule has 0 spiro atoms. The number of nitrogens with zero attached hydrogens (tertiary/aromatic N) is 12. The fourth-order valence-electron chi connectivity index (χ4n) is 7.96. The van der Waals surface area contributed by atoms with Gasteiger partial charge in [0.25, 0.3) is 6.47 Å². The van der Waals surface area contributed by atoms with Crippen molar-refractivity contribution in [1.29, 1.82) is 0 Å². The molecule has 0 radical (unpaired) electrons. The SMILES string of the molecule is C.CC(C)n1ncnc1N.COc1cc2c(cc1-c1c(C)noc1C)[nH]c1nc(C)nc(Cl)c12.COc1cc2c(cc1-c1c(C)noc1C)[nH]c1nc(C)nc(Nc3ncnn3C(C)C)c12.O=CO[O-].S=S=S=S=S=S=S=S=S=S=S=S=S.[Cs+].[Cs+].[H-]. The van der Waals surface area contributed by atoms with Gasteiger partial charge in [0.05, 0.1) is 59.6 Å². The number of halogens is 1. The first kappa shape index (κ1) is 78.0. The Bertz CT molecular complexity index is 4390. The summed E-state index contributed by atoms with van der Waals surface area (Å²) in [4.78, 5) is 44.1. The zero-order valence-corrected chi connectivity index (χ0v) is 71.1. The molecule has 0 aliphatic heterocycles. The van der Waals surface area contributed by atoms with Crippen molar-refractivity contribution in [3.8, 4) is 33.8 Å². The Hall–Kier alpha value is -1.22. The number of fused-ring (bicyclic) bond motifs is 6. The number of aryl methyl sites for hydroxylation is 6. The van der Waals surface area contributed by atoms with Gasteiger partial charge in [-0.25, -0.2) is 34.3 Å². The summed E-state index contributed by atoms with van der Waals surface area (Å²) in [7, 11) is 21.4. The molecule has 10 rings (SSSR count). The molecule has 0 amide bonds. The van der Waals surface area contributed by atoms with Crippen molar-refractivity contribution in [2.24, 2.45) is 0 Å². The summed E-state index contributed by atoms with van der Waals surface area (Å²) in [5.41, 5.74) is 14.0. The van der Waals surface area contributed by atoms with Crippen molar-refractivity contribution in [1.82, 2.24) is 69.7 Å². The van der Waals surface area contributed by atoms with Crippen LogP contribution in [0.3, 0.4) is 0 Å². The van der Waals surface area contributed by atoms with Crippen LogP contribution in [0.2, 0.25) is 5.15 Å². The topological polar surface area (TPSA) is 302 Å². The third kappa shape index (κ3) is 21.2. The summed E-state index contributed by atoms with van der Waals surface area (Å²) in [6.07, 6.45) is 2.98. The number of methoxy groups -OCH3 is 2. The van der Waals surface area contributed by atoms with E-state index in [0.29, 0.717) is 52.0 Å². The van der Waals surface area contributed by atoms with Crippen LogP contribution in [0.25, 0.3) is 66.1 Å². The van der Waals surface area contributed by atoms with Crippen molar-refractivity contribution >= 4 is 200 Å². The number of hydrogen-bond acceptors (Lipinski definition) is 21. The van der Waals surface area contributed by atoms with Crippen LogP contribution in [0.1, 0.15) is 83.2 Å². The Balaban J connectivity index is 0.000000412. The zero-order valence-electron chi connectivity index (χ0n) is 48.2. The van der Waals surface area contributed by atoms with Crippen LogP contribution in [0, 0.1) is 41.5 Å². The van der Waals surface area contributed by atoms with Crippen LogP contribution in [0.5, 0.6) is 11.5 Å². The summed E-state index contributed by atoms with van der Waals surface area (Å²) < 4.78 is 25.5. The molecule has 10 aromatic rings. The maximum Gasteiger partial charge on any atom is 1.00 e. The van der Waals surface area contributed by atoms with Crippen LogP contribution in [0.4, 0.5) is 17.7 Å². The third-order valence-electron chi connectivity index (χ3n) is 11.0. The van der Waals surface area contributed by atoms with Crippen molar-refractivity contribution < 1.29 is 173 Å². The van der Waals surface area contributed by atoms with Crippen LogP contribution < -0.4 is 164 Å². The summed E-state index contributed by atoms with van der Waals surface area (Å²) in [6, 6.07) is 8.44. The minimum atomic E-state index is -0.181. The molecule has 0 aliphatic rings. The maximum absolute atomic E-state index is 8.64. The van der Waals surface area contributed by atoms with Gasteiger partial charge in [0, 0.05) is 153 Å². The smallest absolute Gasteiger partial charge is 1.00 e. The van der Waals surface area contributed by atoms with E-state index < -0.39 is 0 Å². The minimum absolute atomic E-state index is 0. The third-order valence-corrected chi connectivity index (χ3v) is 33.5. The van der Waals surface area contributed by atoms with Crippen molar-refractivity contribution in [2.75, 3.05) is 25.3 Å². The number of nitrogens with one attached hydrogen (secondary N) is 3. The van der Waals surface area contributed by atoms with E-state index in [2.05, 4.69) is 70.6 Å². The Morgan fingerprint density at radius 2 is 1.11 bits per heavy atom. The number of anilines is 3. The molecular formula is C46H55ClCs2N16O7S13. The number of aromatic nitrogens is 14. The van der Waals surface area contributed by atoms with E-state index in [1.54, 1.807) is 98.8 Å². The molecule has 0 bridgehead atoms. The van der Waals surface area contributed by atoms with Gasteiger partial charge in [-0.15, -0.1) is 0 Å². The van der Waals surface area contributed by atoms with Crippen LogP contribution in [-0.4, -0.2) is 90.4 Å². The standard InChI is InChI=1S/C22H24N8O2.C17H15ClN4O2.C5H10N4.CH2O3.CH4.2Cs.S13.H/c1-10(2)30-22(23-9-24-30)28-21-19-14-8-17(31-6)15(18-11(3)29-32-12(18)4)7-16(14)27-20(19)25-13(5)26-21;1-7-14(8(2)24-22-7)11-5-12-10(6-13(11)23-4)15-16(18)19-9(3)20-17(15)21-12;1-4(2)9-5(6)7-3-8-9;2-1-4-3;;;;1-3-5-7-9-11-13-12-10-8-6-4-2;/h7-10H,1-6H3,(H2,23,24,25,26,27,28);5-6H,1-4H3,(H,19,20,21);3-4H,1-2H3,(H2,6,7,8);1,3H;1H4;;;;/q;;;;;2*+1;;-1/p-1. The van der Waals surface area contributed by atoms with Gasteiger partial charge in [0.15, 0.2) is 0 Å². The number of carbonyl (C=O) groups excluding carboxylic acids is 1. The number of ether oxygens (including phenoxy) is 2. The van der Waals surface area contributed by atoms with Gasteiger partial charge in [-0.3, -0.25) is 4.79 Å². The van der Waals surface area contributed by atoms with E-state index in [9.17, 15) is 0 Å². The molecular weight excluding hydrogens is 1610 g/mol. The van der Waals surface area contributed by atoms with E-state index in [1.165, 1.54) is 30.4 Å². The minimum Gasteiger partial charge on any atom is -1.00 e. The molecule has 0 unspecified atom stereocenters. The van der Waals surface area contributed by atoms with Gasteiger partial charge >= 0.3 is 138 Å². The van der Waals surface area contributed by atoms with E-state index in [0.717, 1.165) is 89.1 Å². The van der Waals surface area contributed by atoms with Crippen LogP contribution in [-0.2, 0) is 130 Å². The van der Waals surface area contributed by atoms with Crippen molar-refractivity contribution in [2.45, 2.75) is 88.7 Å². The molecule has 8 heterocycles. The maximum atomic E-state index is 8.64. The molecule has 8 aromatic heterocycles. The first-order valence-corrected chi connectivity index (χ1v) is 39.7. The summed E-state index contributed by atoms with van der Waals surface area (Å²) in [5.74, 6) is 5.92. The number of H-pyrrole nitrogens is 2. The molecule has 23 nitrogen and oxygen atoms in total. The first-order chi connectivity index (χ1) is 39.4. The second-order valence-corrected chi connectivity index (χ2v) is 36.6. The molecule has 0 fully saturated rings. The number of benzene rings is 2. The van der Waals surface area contributed by atoms with Gasteiger partial charge < -0.3 is 51.1 Å². The normalized spacial score (nSPS) is 10.1. The number of nitrogen functional groups attached to an aromatic ring is 1. The van der Waals surface area contributed by atoms with Crippen LogP contribution >= 0.6 is 11.6 Å². The second-order valence-electron chi connectivity index (χ2n) is 16.8. The Morgan fingerprint density at radius 1 is 0.682 bits per heavy atom. The molecule has 39 heteroatoms. The molecule has 0 atom stereocenters. The molecule has 0 aliphatic carbocycles. The predicted molar refractivity (Wildman–Crippen MR) is 360 cm³/mol. The average molecular weight is 1660 g/mol. The molecule has 2 aromatic carbocycles. The second kappa shape index (κ2) is 39.2. The van der Waals surface area contributed by atoms with Crippen molar-refractivity contribution in [3.63, 3.8) is 0 Å². The van der Waals surface area contributed by atoms with E-state index in [4.69, 9.17) is 68.3 Å². The Labute approximate surface area is 654 Å². The summed E-state index contributed by atoms with van der Waals surface area (Å²) in [6.45, 7) is 19.2. The van der Waals surface area contributed by atoms with E-state index in [1.807, 2.05) is 98.2 Å². The fourth-order valence-corrected chi connectivity index (χ4v) is 33.0. The zero-order chi connectivity index (χ0) is 59.6. The van der Waals surface area contributed by atoms with E-state index >= 15 is 0 Å². The molecule has 0 saturated carbocycles. The first-order valence-electron chi connectivity index (χ1n) is 23.3. The largest absolute Gasteiger partial charge is 1.00 e. The molecule has 5 N–H and O–H groups in total. The monoisotopic (exact) mass is 1660 g/mol. The number of carbonyl (C=O) groups is 1. The molecule has 0 saturated heterocycles. The van der Waals surface area contributed by atoms with Gasteiger partial charge in [-0.05, 0) is 93.5 Å². The number of aromatic amines is 2. The van der Waals surface area contributed by atoms with Gasteiger partial charge in [-0.2, -0.15) is 15.2 Å². The van der Waals surface area contributed by atoms with Gasteiger partial charge in [0.1, 0.15) is 69.6 Å². The van der Waals surface area contributed by atoms with Crippen LogP contribution in [0.15, 0.2) is 46.0 Å². The van der Waals surface area contributed by atoms with Gasteiger partial charge in [-0.1, -0.05) is 29.3 Å². The van der Waals surface area contributed by atoms with Gasteiger partial charge in [0.2, 0.25) is 11.9 Å². The summed E-state index contributed by atoms with van der Waals surface area (Å²) in [5, 5.41) is 32.0. The summed E-state index contributed by atoms with van der Waals surface area (Å²) >= 11 is 15.7. The Morgan fingerprint density at radius 3 is 1.49 bits per heavy atom. The van der Waals surface area contributed by atoms with E-state index in [-0.39, 0.29) is 159 Å². The molecule has 85 heavy (non-hydrogen) atoms. The number of nitrogens with two attached hydrogens (primary N) is 1. The van der Waals surface area contributed by atoms with Crippen molar-refractivity contribution in [3.05, 3.63) is 76.6 Å². The predicted octanol–water partition coefficient (Wildman–Crippen LogP) is 2.57. The Kier molecular flexibility index (Phi) is 36.0. The fraction of sp³-hybridized carbons (Fsp3) is 0.326. The quantitative estimate of drug-likeness (QED) is 0.0699. The average Bonchev–Trinajstić information content (AvgIpc) is 1.65. The number of rotatable bonds is 9. The number of hydrogen-bond donors (Lipinski definition) is 4.